The second-order valence-electron chi connectivity index (χ2n) is 5.48. The third-order valence-corrected chi connectivity index (χ3v) is 4.60. The van der Waals surface area contributed by atoms with Crippen molar-refractivity contribution < 1.29 is 15.6 Å². The first-order valence-electron chi connectivity index (χ1n) is 7.19. The second kappa shape index (κ2) is 7.94. The molecule has 3 rings (SSSR count). The van der Waals surface area contributed by atoms with Crippen LogP contribution >= 0.6 is 34.5 Å². The van der Waals surface area contributed by atoms with Crippen LogP contribution in [0.25, 0.3) is 20.8 Å². The molecule has 4 nitrogen and oxygen atoms in total. The fourth-order valence-electron chi connectivity index (χ4n) is 1.88. The number of aromatic nitrogens is 1. The Morgan fingerprint density at radius 1 is 1.21 bits per heavy atom. The Morgan fingerprint density at radius 3 is 2.38 bits per heavy atom. The number of thiazole rings is 1. The molecule has 3 N–H and O–H groups in total. The van der Waals surface area contributed by atoms with Crippen LogP contribution in [0.4, 0.5) is 0 Å². The van der Waals surface area contributed by atoms with Crippen molar-refractivity contribution in [3.63, 3.8) is 0 Å². The number of carboxylic acid groups (broad SMARTS) is 1. The van der Waals surface area contributed by atoms with Crippen LogP contribution in [0.2, 0.25) is 10.0 Å². The number of para-hydroxylation sites is 1. The molecule has 0 aliphatic carbocycles. The highest BCUT2D eigenvalue weighted by molar-refractivity contribution is 7.21. The standard InChI is InChI=1S/C14H7Cl2NO2S.C3H9N/c15-9-5-7(8(14(18)19)6-10(9)16)13-17-11-3-1-2-4-12(11)20-13;1-3(2)4/h1-6H,(H,18,19);3H,4H2,1-2H3. The fourth-order valence-corrected chi connectivity index (χ4v) is 3.20. The highest BCUT2D eigenvalue weighted by atomic mass is 35.5. The summed E-state index contributed by atoms with van der Waals surface area (Å²) in [6, 6.07) is 10.9. The molecule has 7 heteroatoms. The number of hydrogen-bond donors (Lipinski definition) is 1. The Balaban J connectivity index is 0.000000471. The molecule has 0 radical (unpaired) electrons. The molecule has 0 aliphatic heterocycles. The fraction of sp³-hybridized carbons (Fsp3) is 0.176. The minimum absolute atomic E-state index is 0.0153. The lowest BCUT2D eigenvalue weighted by Crippen LogP contribution is -2.57. The van der Waals surface area contributed by atoms with Crippen molar-refractivity contribution in [1.29, 1.82) is 0 Å². The summed E-state index contributed by atoms with van der Waals surface area (Å²) in [4.78, 5) is 15.7. The van der Waals surface area contributed by atoms with Gasteiger partial charge < -0.3 is 15.6 Å². The first-order valence-corrected chi connectivity index (χ1v) is 8.76. The van der Waals surface area contributed by atoms with E-state index in [2.05, 4.69) is 24.6 Å². The maximum absolute atomic E-state index is 11.2. The quantitative estimate of drug-likeness (QED) is 0.738. The van der Waals surface area contributed by atoms with E-state index in [0.29, 0.717) is 16.6 Å². The Labute approximate surface area is 153 Å². The van der Waals surface area contributed by atoms with Crippen LogP contribution in [-0.2, 0) is 0 Å². The lowest BCUT2D eigenvalue weighted by Gasteiger charge is -2.09. The highest BCUT2D eigenvalue weighted by Gasteiger charge is 2.14. The molecule has 0 aliphatic rings. The van der Waals surface area contributed by atoms with Crippen molar-refractivity contribution in [1.82, 2.24) is 4.98 Å². The number of halogens is 2. The third-order valence-electron chi connectivity index (χ3n) is 2.80. The van der Waals surface area contributed by atoms with Gasteiger partial charge in [-0.3, -0.25) is 0 Å². The van der Waals surface area contributed by atoms with Gasteiger partial charge in [-0.15, -0.1) is 11.3 Å². The van der Waals surface area contributed by atoms with Crippen molar-refractivity contribution in [2.45, 2.75) is 19.9 Å². The minimum atomic E-state index is -1.31. The van der Waals surface area contributed by atoms with Crippen LogP contribution in [0.3, 0.4) is 0 Å². The molecular formula is C17H16Cl2N2O2S. The van der Waals surface area contributed by atoms with Gasteiger partial charge in [-0.05, 0) is 38.1 Å². The first-order chi connectivity index (χ1) is 11.3. The molecule has 0 amide bonds. The molecule has 2 aromatic carbocycles. The van der Waals surface area contributed by atoms with Gasteiger partial charge in [-0.2, -0.15) is 0 Å². The lowest BCUT2D eigenvalue weighted by molar-refractivity contribution is -0.407. The lowest BCUT2D eigenvalue weighted by atomic mass is 10.1. The summed E-state index contributed by atoms with van der Waals surface area (Å²) < 4.78 is 0.970. The first kappa shape index (κ1) is 18.7. The van der Waals surface area contributed by atoms with Crippen LogP contribution in [0.15, 0.2) is 36.4 Å². The van der Waals surface area contributed by atoms with Crippen molar-refractivity contribution in [2.75, 3.05) is 0 Å². The summed E-state index contributed by atoms with van der Waals surface area (Å²) in [5, 5.41) is 12.3. The van der Waals surface area contributed by atoms with Crippen LogP contribution in [0.5, 0.6) is 0 Å². The van der Waals surface area contributed by atoms with E-state index in [1.54, 1.807) is 0 Å². The Kier molecular flexibility index (Phi) is 6.18. The highest BCUT2D eigenvalue weighted by Crippen LogP contribution is 2.36. The monoisotopic (exact) mass is 382 g/mol. The van der Waals surface area contributed by atoms with Gasteiger partial charge in [-0.1, -0.05) is 35.3 Å². The Bertz CT molecular complexity index is 842. The SMILES string of the molecule is CC(C)[NH3+].O=C([O-])c1cc(Cl)c(Cl)cc1-c1nc2ccccc2s1. The number of carboxylic acids is 1. The molecular weight excluding hydrogens is 367 g/mol. The van der Waals surface area contributed by atoms with Crippen LogP contribution in [-0.4, -0.2) is 17.0 Å². The molecule has 1 aromatic heterocycles. The molecule has 1 heterocycles. The van der Waals surface area contributed by atoms with E-state index in [1.807, 2.05) is 24.3 Å². The van der Waals surface area contributed by atoms with E-state index >= 15 is 0 Å². The van der Waals surface area contributed by atoms with Gasteiger partial charge in [-0.25, -0.2) is 4.98 Å². The zero-order valence-corrected chi connectivity index (χ0v) is 15.5. The van der Waals surface area contributed by atoms with Gasteiger partial charge in [0.1, 0.15) is 5.01 Å². The van der Waals surface area contributed by atoms with E-state index in [0.717, 1.165) is 10.2 Å². The Hall–Kier alpha value is -1.66. The number of hydrogen-bond acceptors (Lipinski definition) is 4. The van der Waals surface area contributed by atoms with Gasteiger partial charge >= 0.3 is 0 Å². The van der Waals surface area contributed by atoms with Gasteiger partial charge in [0, 0.05) is 11.1 Å². The van der Waals surface area contributed by atoms with E-state index < -0.39 is 5.97 Å². The van der Waals surface area contributed by atoms with Crippen LogP contribution in [0.1, 0.15) is 24.2 Å². The van der Waals surface area contributed by atoms with Crippen LogP contribution in [0, 0.1) is 0 Å². The van der Waals surface area contributed by atoms with E-state index in [-0.39, 0.29) is 15.6 Å². The summed E-state index contributed by atoms with van der Waals surface area (Å²) in [6.07, 6.45) is 0. The summed E-state index contributed by atoms with van der Waals surface area (Å²) in [7, 11) is 0. The van der Waals surface area contributed by atoms with Crippen molar-refractivity contribution in [3.8, 4) is 10.6 Å². The van der Waals surface area contributed by atoms with Gasteiger partial charge in [0.15, 0.2) is 0 Å². The number of quaternary nitrogens is 1. The molecule has 0 atom stereocenters. The predicted molar refractivity (Wildman–Crippen MR) is 97.4 cm³/mol. The number of aromatic carboxylic acids is 1. The average Bonchev–Trinajstić information content (AvgIpc) is 2.92. The Morgan fingerprint density at radius 2 is 1.79 bits per heavy atom. The van der Waals surface area contributed by atoms with E-state index in [4.69, 9.17) is 23.2 Å². The van der Waals surface area contributed by atoms with E-state index in [9.17, 15) is 9.90 Å². The molecule has 0 saturated carbocycles. The number of carbonyl (C=O) groups excluding carboxylic acids is 1. The van der Waals surface area contributed by atoms with Crippen LogP contribution < -0.4 is 10.8 Å². The number of carbonyl (C=O) groups is 1. The molecule has 0 saturated heterocycles. The summed E-state index contributed by atoms with van der Waals surface area (Å²) in [5.74, 6) is -1.31. The molecule has 0 fully saturated rings. The third kappa shape index (κ3) is 4.45. The average molecular weight is 383 g/mol. The topological polar surface area (TPSA) is 80.7 Å². The normalized spacial score (nSPS) is 10.6. The van der Waals surface area contributed by atoms with E-state index in [1.165, 1.54) is 23.5 Å². The smallest absolute Gasteiger partial charge is 0.125 e. The molecule has 3 aromatic rings. The largest absolute Gasteiger partial charge is 0.545 e. The summed E-state index contributed by atoms with van der Waals surface area (Å²) in [6.45, 7) is 4.11. The maximum atomic E-state index is 11.2. The zero-order chi connectivity index (χ0) is 17.9. The summed E-state index contributed by atoms with van der Waals surface area (Å²) in [5.41, 5.74) is 4.85. The molecule has 126 valence electrons. The van der Waals surface area contributed by atoms with Gasteiger partial charge in [0.05, 0.1) is 32.3 Å². The number of nitrogens with zero attached hydrogens (tertiary/aromatic N) is 1. The molecule has 0 bridgehead atoms. The zero-order valence-electron chi connectivity index (χ0n) is 13.2. The molecule has 0 spiro atoms. The predicted octanol–water partition coefficient (Wildman–Crippen LogP) is 3.27. The summed E-state index contributed by atoms with van der Waals surface area (Å²) >= 11 is 13.2. The molecule has 0 unspecified atom stereocenters. The van der Waals surface area contributed by atoms with Crippen molar-refractivity contribution in [2.24, 2.45) is 0 Å². The number of rotatable bonds is 2. The minimum Gasteiger partial charge on any atom is -0.545 e. The molecule has 24 heavy (non-hydrogen) atoms. The number of benzene rings is 2. The maximum Gasteiger partial charge on any atom is 0.125 e. The van der Waals surface area contributed by atoms with Crippen molar-refractivity contribution in [3.05, 3.63) is 52.0 Å². The van der Waals surface area contributed by atoms with Gasteiger partial charge in [0.25, 0.3) is 0 Å². The van der Waals surface area contributed by atoms with Crippen molar-refractivity contribution >= 4 is 50.7 Å². The second-order valence-corrected chi connectivity index (χ2v) is 7.32. The number of fused-ring (bicyclic) bond motifs is 1. The van der Waals surface area contributed by atoms with Gasteiger partial charge in [0.2, 0.25) is 0 Å².